The van der Waals surface area contributed by atoms with E-state index >= 15 is 0 Å². The summed E-state index contributed by atoms with van der Waals surface area (Å²) in [5, 5.41) is 4.88. The summed E-state index contributed by atoms with van der Waals surface area (Å²) in [5.41, 5.74) is 2.64. The van der Waals surface area contributed by atoms with E-state index in [-0.39, 0.29) is 17.8 Å². The minimum absolute atomic E-state index is 0.152. The zero-order chi connectivity index (χ0) is 25.1. The number of rotatable bonds is 8. The van der Waals surface area contributed by atoms with Gasteiger partial charge in [-0.05, 0) is 55.7 Å². The maximum absolute atomic E-state index is 13.7. The molecule has 0 radical (unpaired) electrons. The van der Waals surface area contributed by atoms with Gasteiger partial charge in [-0.1, -0.05) is 36.7 Å². The van der Waals surface area contributed by atoms with Gasteiger partial charge in [0, 0.05) is 35.7 Å². The van der Waals surface area contributed by atoms with Crippen molar-refractivity contribution in [3.8, 4) is 22.8 Å². The van der Waals surface area contributed by atoms with Crippen LogP contribution in [0.1, 0.15) is 48.5 Å². The number of nitrogens with zero attached hydrogens (tertiary/aromatic N) is 2. The maximum Gasteiger partial charge on any atom is 0.196 e. The molecule has 1 aromatic heterocycles. The first kappa shape index (κ1) is 24.0. The molecule has 4 aromatic rings. The molecule has 7 heteroatoms. The van der Waals surface area contributed by atoms with Crippen molar-refractivity contribution < 1.29 is 23.2 Å². The van der Waals surface area contributed by atoms with Crippen LogP contribution in [-0.4, -0.2) is 42.3 Å². The second-order valence-electron chi connectivity index (χ2n) is 9.02. The van der Waals surface area contributed by atoms with Crippen molar-refractivity contribution in [1.82, 2.24) is 10.1 Å². The second-order valence-corrected chi connectivity index (χ2v) is 9.02. The molecule has 0 amide bonds. The Morgan fingerprint density at radius 1 is 1.08 bits per heavy atom. The van der Waals surface area contributed by atoms with Crippen molar-refractivity contribution in [3.05, 3.63) is 77.6 Å². The molecule has 1 saturated heterocycles. The average molecular weight is 489 g/mol. The van der Waals surface area contributed by atoms with E-state index in [1.54, 1.807) is 43.5 Å². The van der Waals surface area contributed by atoms with Crippen molar-refractivity contribution in [2.24, 2.45) is 0 Å². The molecule has 1 atom stereocenters. The number of methoxy groups -OCH3 is 1. The number of hydrogen-bond donors (Lipinski definition) is 0. The van der Waals surface area contributed by atoms with Crippen LogP contribution in [0.3, 0.4) is 0 Å². The first-order valence-electron chi connectivity index (χ1n) is 12.4. The molecule has 0 saturated carbocycles. The van der Waals surface area contributed by atoms with Gasteiger partial charge in [-0.25, -0.2) is 4.39 Å². The predicted octanol–water partition coefficient (Wildman–Crippen LogP) is 6.47. The lowest BCUT2D eigenvalue weighted by Crippen LogP contribution is -2.42. The molecular weight excluding hydrogens is 459 g/mol. The Hall–Kier alpha value is -3.71. The first-order valence-corrected chi connectivity index (χ1v) is 12.4. The van der Waals surface area contributed by atoms with Gasteiger partial charge in [0.1, 0.15) is 23.0 Å². The van der Waals surface area contributed by atoms with E-state index in [9.17, 15) is 9.18 Å². The Balaban J connectivity index is 1.57. The molecule has 6 nitrogen and oxygen atoms in total. The second kappa shape index (κ2) is 10.5. The summed E-state index contributed by atoms with van der Waals surface area (Å²) in [4.78, 5) is 15.9. The van der Waals surface area contributed by atoms with Crippen LogP contribution in [0.4, 0.5) is 4.39 Å². The van der Waals surface area contributed by atoms with E-state index in [4.69, 9.17) is 14.0 Å². The monoisotopic (exact) mass is 488 g/mol. The molecule has 2 heterocycles. The molecule has 0 aliphatic carbocycles. The quantitative estimate of drug-likeness (QED) is 0.265. The molecule has 186 valence electrons. The van der Waals surface area contributed by atoms with Crippen LogP contribution < -0.4 is 9.47 Å². The smallest absolute Gasteiger partial charge is 0.196 e. The normalized spacial score (nSPS) is 15.1. The molecule has 0 spiro atoms. The van der Waals surface area contributed by atoms with Crippen LogP contribution in [0.15, 0.2) is 65.2 Å². The van der Waals surface area contributed by atoms with E-state index in [0.29, 0.717) is 39.3 Å². The number of hydrogen-bond acceptors (Lipinski definition) is 6. The number of ketones is 1. The summed E-state index contributed by atoms with van der Waals surface area (Å²) in [6, 6.07) is 16.9. The number of likely N-dealkylation sites (tertiary alicyclic amines) is 1. The van der Waals surface area contributed by atoms with Crippen LogP contribution in [-0.2, 0) is 0 Å². The van der Waals surface area contributed by atoms with Crippen LogP contribution in [0.25, 0.3) is 22.2 Å². The van der Waals surface area contributed by atoms with Crippen molar-refractivity contribution in [2.45, 2.75) is 38.8 Å². The summed E-state index contributed by atoms with van der Waals surface area (Å²) in [5.74, 6) is 0.550. The van der Waals surface area contributed by atoms with E-state index in [2.05, 4.69) is 17.0 Å². The fraction of sp³-hybridized carbons (Fsp3) is 0.310. The number of benzene rings is 3. The van der Waals surface area contributed by atoms with Gasteiger partial charge < -0.3 is 14.0 Å². The lowest BCUT2D eigenvalue weighted by atomic mass is 9.99. The van der Waals surface area contributed by atoms with E-state index in [1.807, 2.05) is 12.1 Å². The Morgan fingerprint density at radius 2 is 1.92 bits per heavy atom. The van der Waals surface area contributed by atoms with Crippen molar-refractivity contribution in [2.75, 3.05) is 20.2 Å². The Kier molecular flexibility index (Phi) is 7.00. The molecule has 1 aliphatic heterocycles. The molecule has 1 aliphatic rings. The van der Waals surface area contributed by atoms with Gasteiger partial charge in [-0.15, -0.1) is 0 Å². The first-order chi connectivity index (χ1) is 17.6. The minimum atomic E-state index is -0.388. The molecule has 3 aromatic carbocycles. The number of aromatic nitrogens is 1. The van der Waals surface area contributed by atoms with E-state index in [1.165, 1.54) is 18.6 Å². The fourth-order valence-electron chi connectivity index (χ4n) is 4.76. The third-order valence-electron chi connectivity index (χ3n) is 6.68. The highest BCUT2D eigenvalue weighted by Gasteiger charge is 2.25. The van der Waals surface area contributed by atoms with Crippen LogP contribution in [0.5, 0.6) is 11.5 Å². The third kappa shape index (κ3) is 4.84. The highest BCUT2D eigenvalue weighted by molar-refractivity contribution is 6.11. The Morgan fingerprint density at radius 3 is 2.69 bits per heavy atom. The standard InChI is InChI=1S/C29H29FN2O4/c1-3-27(32-14-5-4-6-15-32)35-25-17-19(28-23-13-11-21(30)18-26(23)36-31-28)10-12-24(25)29(33)20-8-7-9-22(16-20)34-2/h7-13,16-18,27H,3-6,14-15H2,1-2H3. The summed E-state index contributed by atoms with van der Waals surface area (Å²) >= 11 is 0. The highest BCUT2D eigenvalue weighted by atomic mass is 19.1. The number of halogens is 1. The fourth-order valence-corrected chi connectivity index (χ4v) is 4.76. The SMILES string of the molecule is CCC(Oc1cc(-c2noc3cc(F)ccc23)ccc1C(=O)c1cccc(OC)c1)N1CCCCC1. The van der Waals surface area contributed by atoms with E-state index < -0.39 is 0 Å². The predicted molar refractivity (Wildman–Crippen MR) is 136 cm³/mol. The molecule has 0 N–H and O–H groups in total. The number of carbonyl (C=O) groups excluding carboxylic acids is 1. The van der Waals surface area contributed by atoms with Gasteiger partial charge in [-0.2, -0.15) is 0 Å². The van der Waals surface area contributed by atoms with Crippen molar-refractivity contribution >= 4 is 16.8 Å². The molecule has 36 heavy (non-hydrogen) atoms. The lowest BCUT2D eigenvalue weighted by molar-refractivity contribution is 0.00940. The third-order valence-corrected chi connectivity index (χ3v) is 6.68. The van der Waals surface area contributed by atoms with E-state index in [0.717, 1.165) is 37.9 Å². The largest absolute Gasteiger partial charge is 0.497 e. The molecule has 1 fully saturated rings. The summed E-state index contributed by atoms with van der Waals surface area (Å²) < 4.78 is 30.9. The zero-order valence-electron chi connectivity index (χ0n) is 20.5. The Labute approximate surface area is 209 Å². The van der Waals surface area contributed by atoms with Gasteiger partial charge in [0.2, 0.25) is 0 Å². The zero-order valence-corrected chi connectivity index (χ0v) is 20.5. The van der Waals surface area contributed by atoms with Crippen LogP contribution >= 0.6 is 0 Å². The topological polar surface area (TPSA) is 64.8 Å². The van der Waals surface area contributed by atoms with Gasteiger partial charge in [0.25, 0.3) is 0 Å². The van der Waals surface area contributed by atoms with Crippen LogP contribution in [0, 0.1) is 5.82 Å². The number of piperidine rings is 1. The van der Waals surface area contributed by atoms with Gasteiger partial charge in [-0.3, -0.25) is 9.69 Å². The average Bonchev–Trinajstić information content (AvgIpc) is 3.34. The summed E-state index contributed by atoms with van der Waals surface area (Å²) in [7, 11) is 1.57. The molecule has 0 bridgehead atoms. The Bertz CT molecular complexity index is 1380. The maximum atomic E-state index is 13.7. The molecule has 1 unspecified atom stereocenters. The summed E-state index contributed by atoms with van der Waals surface area (Å²) in [6.45, 7) is 4.03. The molecule has 5 rings (SSSR count). The van der Waals surface area contributed by atoms with Crippen LogP contribution in [0.2, 0.25) is 0 Å². The highest BCUT2D eigenvalue weighted by Crippen LogP contribution is 2.34. The number of carbonyl (C=O) groups is 1. The lowest BCUT2D eigenvalue weighted by Gasteiger charge is -2.34. The minimum Gasteiger partial charge on any atom is -0.497 e. The summed E-state index contributed by atoms with van der Waals surface area (Å²) in [6.07, 6.45) is 4.12. The van der Waals surface area contributed by atoms with Crippen molar-refractivity contribution in [3.63, 3.8) is 0 Å². The van der Waals surface area contributed by atoms with Crippen molar-refractivity contribution in [1.29, 1.82) is 0 Å². The number of fused-ring (bicyclic) bond motifs is 1. The van der Waals surface area contributed by atoms with Gasteiger partial charge in [0.05, 0.1) is 12.7 Å². The van der Waals surface area contributed by atoms with Gasteiger partial charge in [0.15, 0.2) is 17.6 Å². The number of ether oxygens (including phenoxy) is 2. The van der Waals surface area contributed by atoms with Gasteiger partial charge >= 0.3 is 0 Å². The molecular formula is C29H29FN2O4.